The van der Waals surface area contributed by atoms with Crippen LogP contribution in [0.2, 0.25) is 44.3 Å². The molecule has 3 unspecified atom stereocenters. The van der Waals surface area contributed by atoms with Crippen molar-refractivity contribution >= 4 is 31.9 Å². The maximum atomic E-state index is 11.8. The summed E-state index contributed by atoms with van der Waals surface area (Å²) in [4.78, 5) is 11.8. The minimum absolute atomic E-state index is 0.338. The molecule has 153 valence electrons. The zero-order chi connectivity index (χ0) is 20.8. The summed E-state index contributed by atoms with van der Waals surface area (Å²) in [5.74, 6) is -3.21. The number of ether oxygens (including phenoxy) is 1. The van der Waals surface area contributed by atoms with Crippen LogP contribution in [0.1, 0.15) is 20.3 Å². The monoisotopic (exact) mass is 423 g/mol. The van der Waals surface area contributed by atoms with E-state index in [4.69, 9.17) is 13.0 Å². The van der Waals surface area contributed by atoms with Gasteiger partial charge in [-0.05, 0) is 45.2 Å². The van der Waals surface area contributed by atoms with Crippen LogP contribution in [-0.2, 0) is 17.8 Å². The number of hydrogen-bond donors (Lipinski definition) is 3. The molecule has 0 rings (SSSR count). The Kier molecular flexibility index (Phi) is 10.1. The fourth-order valence-electron chi connectivity index (χ4n) is 2.14. The summed E-state index contributed by atoms with van der Waals surface area (Å²) in [6, 6.07) is 0.847. The van der Waals surface area contributed by atoms with Crippen LogP contribution in [0.5, 0.6) is 0 Å². The standard InChI is InChI=1S/C16H35O7Si3/c1-9-14(16(20,13(18)12-17)21-15(19)10-2)24(22-25(4,5)6)23-26(7,8)11-3/h10,13-14,17-18,20H,2,9,11-12H2,1,3-8H3. The molecule has 0 aliphatic heterocycles. The van der Waals surface area contributed by atoms with E-state index in [0.717, 1.165) is 12.1 Å². The van der Waals surface area contributed by atoms with E-state index in [1.54, 1.807) is 6.92 Å². The van der Waals surface area contributed by atoms with E-state index in [0.29, 0.717) is 6.42 Å². The third-order valence-electron chi connectivity index (χ3n) is 3.91. The number of carbonyl (C=O) groups is 1. The zero-order valence-corrected chi connectivity index (χ0v) is 20.0. The molecule has 0 aliphatic rings. The van der Waals surface area contributed by atoms with Crippen LogP contribution in [0.15, 0.2) is 12.7 Å². The van der Waals surface area contributed by atoms with Crippen molar-refractivity contribution in [3.8, 4) is 0 Å². The number of aliphatic hydroxyl groups is 3. The fraction of sp³-hybridized carbons (Fsp3) is 0.812. The van der Waals surface area contributed by atoms with Crippen LogP contribution in [-0.4, -0.2) is 65.7 Å². The Morgan fingerprint density at radius 1 is 1.23 bits per heavy atom. The Balaban J connectivity index is 6.03. The molecule has 0 heterocycles. The molecule has 0 aromatic rings. The van der Waals surface area contributed by atoms with E-state index >= 15 is 0 Å². The molecule has 1 radical (unpaired) electrons. The molecule has 0 fully saturated rings. The van der Waals surface area contributed by atoms with Gasteiger partial charge in [-0.3, -0.25) is 0 Å². The average Bonchev–Trinajstić information content (AvgIpc) is 2.52. The minimum atomic E-state index is -2.32. The fourth-order valence-corrected chi connectivity index (χ4v) is 9.91. The summed E-state index contributed by atoms with van der Waals surface area (Å²) in [5, 5.41) is 30.7. The number of esters is 1. The predicted molar refractivity (Wildman–Crippen MR) is 108 cm³/mol. The zero-order valence-electron chi connectivity index (χ0n) is 17.0. The van der Waals surface area contributed by atoms with Crippen LogP contribution in [0.4, 0.5) is 0 Å². The highest BCUT2D eigenvalue weighted by Crippen LogP contribution is 2.37. The first-order valence-corrected chi connectivity index (χ1v) is 16.8. The van der Waals surface area contributed by atoms with Crippen LogP contribution >= 0.6 is 0 Å². The molecule has 0 saturated carbocycles. The largest absolute Gasteiger partial charge is 0.435 e. The van der Waals surface area contributed by atoms with Gasteiger partial charge in [0.25, 0.3) is 0 Å². The van der Waals surface area contributed by atoms with Crippen molar-refractivity contribution in [3.63, 3.8) is 0 Å². The molecular weight excluding hydrogens is 388 g/mol. The molecule has 0 aromatic carbocycles. The van der Waals surface area contributed by atoms with E-state index in [1.165, 1.54) is 0 Å². The van der Waals surface area contributed by atoms with Gasteiger partial charge in [-0.2, -0.15) is 0 Å². The molecular formula is C16H35O7Si3. The summed E-state index contributed by atoms with van der Waals surface area (Å²) in [6.45, 7) is 16.5. The second-order valence-electron chi connectivity index (χ2n) is 7.79. The quantitative estimate of drug-likeness (QED) is 0.191. The maximum Gasteiger partial charge on any atom is 0.373 e. The third kappa shape index (κ3) is 7.72. The molecule has 3 atom stereocenters. The Hall–Kier alpha value is -0.339. The minimum Gasteiger partial charge on any atom is -0.435 e. The second-order valence-corrected chi connectivity index (χ2v) is 19.2. The number of carbonyl (C=O) groups excluding carboxylic acids is 1. The van der Waals surface area contributed by atoms with Gasteiger partial charge in [0.05, 0.1) is 12.1 Å². The highest BCUT2D eigenvalue weighted by Gasteiger charge is 2.54. The van der Waals surface area contributed by atoms with Gasteiger partial charge in [0.15, 0.2) is 16.6 Å². The topological polar surface area (TPSA) is 105 Å². The molecule has 0 bridgehead atoms. The Labute approximate surface area is 161 Å². The lowest BCUT2D eigenvalue weighted by atomic mass is 10.0. The van der Waals surface area contributed by atoms with E-state index in [2.05, 4.69) is 19.7 Å². The van der Waals surface area contributed by atoms with Gasteiger partial charge < -0.3 is 28.3 Å². The smallest absolute Gasteiger partial charge is 0.373 e. The number of rotatable bonds is 12. The van der Waals surface area contributed by atoms with Crippen molar-refractivity contribution in [3.05, 3.63) is 12.7 Å². The van der Waals surface area contributed by atoms with Crippen molar-refractivity contribution in [2.24, 2.45) is 0 Å². The molecule has 0 spiro atoms. The second kappa shape index (κ2) is 10.3. The maximum absolute atomic E-state index is 11.8. The lowest BCUT2D eigenvalue weighted by molar-refractivity contribution is -0.254. The van der Waals surface area contributed by atoms with Crippen LogP contribution in [0.3, 0.4) is 0 Å². The highest BCUT2D eigenvalue weighted by molar-refractivity contribution is 6.81. The Morgan fingerprint density at radius 2 is 1.77 bits per heavy atom. The number of aliphatic hydroxyl groups excluding tert-OH is 2. The highest BCUT2D eigenvalue weighted by atomic mass is 28.4. The predicted octanol–water partition coefficient (Wildman–Crippen LogP) is 2.12. The van der Waals surface area contributed by atoms with Gasteiger partial charge in [-0.25, -0.2) is 4.79 Å². The van der Waals surface area contributed by atoms with Gasteiger partial charge >= 0.3 is 15.3 Å². The summed E-state index contributed by atoms with van der Waals surface area (Å²) >= 11 is 0. The summed E-state index contributed by atoms with van der Waals surface area (Å²) in [7, 11) is -6.26. The Bertz CT molecular complexity index is 467. The first-order chi connectivity index (χ1) is 11.8. The van der Waals surface area contributed by atoms with Gasteiger partial charge in [0.1, 0.15) is 6.10 Å². The normalized spacial score (nSPS) is 17.5. The van der Waals surface area contributed by atoms with Crippen molar-refractivity contribution in [1.82, 2.24) is 0 Å². The first-order valence-electron chi connectivity index (χ1n) is 8.87. The molecule has 0 saturated heterocycles. The average molecular weight is 424 g/mol. The molecule has 10 heteroatoms. The Morgan fingerprint density at radius 3 is 2.12 bits per heavy atom. The molecule has 26 heavy (non-hydrogen) atoms. The van der Waals surface area contributed by atoms with Crippen molar-refractivity contribution in [2.45, 2.75) is 76.5 Å². The molecule has 0 aromatic heterocycles. The first kappa shape index (κ1) is 25.7. The number of hydrogen-bond acceptors (Lipinski definition) is 7. The SMILES string of the molecule is C=CC(=O)OC(O)(C(O)CO)C(CC)[Si](O[Si](C)(C)C)O[Si](C)(C)CC. The van der Waals surface area contributed by atoms with E-state index < -0.39 is 55.9 Å². The van der Waals surface area contributed by atoms with E-state index in [9.17, 15) is 20.1 Å². The van der Waals surface area contributed by atoms with E-state index in [1.807, 2.05) is 26.6 Å². The van der Waals surface area contributed by atoms with Gasteiger partial charge in [0, 0.05) is 6.08 Å². The summed E-state index contributed by atoms with van der Waals surface area (Å²) in [6.07, 6.45) is -0.444. The molecule has 3 N–H and O–H groups in total. The van der Waals surface area contributed by atoms with Crippen LogP contribution in [0, 0.1) is 0 Å². The third-order valence-corrected chi connectivity index (χ3v) is 13.3. The van der Waals surface area contributed by atoms with Crippen LogP contribution < -0.4 is 0 Å². The summed E-state index contributed by atoms with van der Waals surface area (Å²) < 4.78 is 17.7. The van der Waals surface area contributed by atoms with Gasteiger partial charge in [0.2, 0.25) is 5.79 Å². The molecule has 0 aliphatic carbocycles. The van der Waals surface area contributed by atoms with Gasteiger partial charge in [-0.15, -0.1) is 0 Å². The van der Waals surface area contributed by atoms with Crippen molar-refractivity contribution in [2.75, 3.05) is 6.61 Å². The summed E-state index contributed by atoms with van der Waals surface area (Å²) in [5.41, 5.74) is -0.788. The van der Waals surface area contributed by atoms with E-state index in [-0.39, 0.29) is 0 Å². The molecule has 0 amide bonds. The van der Waals surface area contributed by atoms with Crippen molar-refractivity contribution in [1.29, 1.82) is 0 Å². The van der Waals surface area contributed by atoms with Crippen LogP contribution in [0.25, 0.3) is 0 Å². The van der Waals surface area contributed by atoms with Gasteiger partial charge in [-0.1, -0.05) is 20.4 Å². The van der Waals surface area contributed by atoms with Crippen molar-refractivity contribution < 1.29 is 33.1 Å². The lowest BCUT2D eigenvalue weighted by Crippen LogP contribution is -2.59. The lowest BCUT2D eigenvalue weighted by Gasteiger charge is -2.42. The molecule has 7 nitrogen and oxygen atoms in total.